The molecule has 1 amide bonds. The first-order valence-corrected chi connectivity index (χ1v) is 9.00. The molecule has 1 saturated heterocycles. The van der Waals surface area contributed by atoms with Gasteiger partial charge in [-0.1, -0.05) is 52.0 Å². The molecule has 2 rings (SSSR count). The summed E-state index contributed by atoms with van der Waals surface area (Å²) in [6, 6.07) is 9.22. The molecule has 3 nitrogen and oxygen atoms in total. The van der Waals surface area contributed by atoms with Gasteiger partial charge in [0.1, 0.15) is 0 Å². The Morgan fingerprint density at radius 2 is 1.96 bits per heavy atom. The Kier molecular flexibility index (Phi) is 6.23. The summed E-state index contributed by atoms with van der Waals surface area (Å²) < 4.78 is 0. The van der Waals surface area contributed by atoms with E-state index in [1.54, 1.807) is 0 Å². The molecule has 0 spiro atoms. The molecule has 1 atom stereocenters. The van der Waals surface area contributed by atoms with Crippen molar-refractivity contribution in [3.63, 3.8) is 0 Å². The summed E-state index contributed by atoms with van der Waals surface area (Å²) in [4.78, 5) is 14.5. The van der Waals surface area contributed by atoms with Gasteiger partial charge >= 0.3 is 0 Å². The third-order valence-corrected chi connectivity index (χ3v) is 4.90. The number of amides is 1. The third-order valence-electron chi connectivity index (χ3n) is 4.90. The van der Waals surface area contributed by atoms with Gasteiger partial charge in [-0.25, -0.2) is 0 Å². The van der Waals surface area contributed by atoms with E-state index >= 15 is 0 Å². The van der Waals surface area contributed by atoms with E-state index in [1.807, 2.05) is 0 Å². The van der Waals surface area contributed by atoms with Crippen molar-refractivity contribution in [2.75, 3.05) is 19.6 Å². The highest BCUT2D eigenvalue weighted by Crippen LogP contribution is 2.22. The standard InChI is InChI=1S/C20H32N2O/c1-5-22-14-6-7-18(22)15-21-19(23)13-10-16-8-11-17(12-9-16)20(2,3)4/h8-9,11-12,18H,5-7,10,13-15H2,1-4H3,(H,21,23). The van der Waals surface area contributed by atoms with E-state index in [4.69, 9.17) is 0 Å². The van der Waals surface area contributed by atoms with E-state index in [1.165, 1.54) is 30.5 Å². The number of rotatable bonds is 6. The van der Waals surface area contributed by atoms with Gasteiger partial charge in [-0.05, 0) is 48.9 Å². The van der Waals surface area contributed by atoms with Crippen molar-refractivity contribution in [1.29, 1.82) is 0 Å². The molecule has 1 aromatic carbocycles. The molecule has 1 N–H and O–H groups in total. The van der Waals surface area contributed by atoms with Crippen molar-refractivity contribution in [1.82, 2.24) is 10.2 Å². The van der Waals surface area contributed by atoms with Crippen LogP contribution in [0.25, 0.3) is 0 Å². The Morgan fingerprint density at radius 3 is 2.57 bits per heavy atom. The fraction of sp³-hybridized carbons (Fsp3) is 0.650. The summed E-state index contributed by atoms with van der Waals surface area (Å²) in [5.74, 6) is 0.174. The molecule has 23 heavy (non-hydrogen) atoms. The van der Waals surface area contributed by atoms with Crippen molar-refractivity contribution in [3.8, 4) is 0 Å². The summed E-state index contributed by atoms with van der Waals surface area (Å²) in [5.41, 5.74) is 2.76. The Balaban J connectivity index is 1.74. The monoisotopic (exact) mass is 316 g/mol. The molecular formula is C20H32N2O. The van der Waals surface area contributed by atoms with Gasteiger partial charge in [0.15, 0.2) is 0 Å². The van der Waals surface area contributed by atoms with Crippen molar-refractivity contribution in [3.05, 3.63) is 35.4 Å². The maximum atomic E-state index is 12.1. The van der Waals surface area contributed by atoms with Gasteiger partial charge in [0.05, 0.1) is 0 Å². The molecule has 0 saturated carbocycles. The molecule has 1 aliphatic rings. The van der Waals surface area contributed by atoms with Crippen molar-refractivity contribution >= 4 is 5.91 Å². The van der Waals surface area contributed by atoms with E-state index in [9.17, 15) is 4.79 Å². The van der Waals surface area contributed by atoms with Gasteiger partial charge < -0.3 is 5.32 Å². The highest BCUT2D eigenvalue weighted by molar-refractivity contribution is 5.76. The van der Waals surface area contributed by atoms with E-state index in [0.29, 0.717) is 12.5 Å². The molecule has 1 heterocycles. The fourth-order valence-electron chi connectivity index (χ4n) is 3.29. The number of carbonyl (C=O) groups is 1. The van der Waals surface area contributed by atoms with Crippen LogP contribution < -0.4 is 5.32 Å². The van der Waals surface area contributed by atoms with E-state index < -0.39 is 0 Å². The Morgan fingerprint density at radius 1 is 1.26 bits per heavy atom. The molecule has 0 bridgehead atoms. The number of carbonyl (C=O) groups excluding carboxylic acids is 1. The summed E-state index contributed by atoms with van der Waals surface area (Å²) in [6.45, 7) is 11.9. The molecule has 0 aromatic heterocycles. The lowest BCUT2D eigenvalue weighted by atomic mass is 9.86. The van der Waals surface area contributed by atoms with E-state index in [0.717, 1.165) is 19.5 Å². The Labute approximate surface area is 141 Å². The van der Waals surface area contributed by atoms with Crippen molar-refractivity contribution in [2.45, 2.75) is 64.8 Å². The molecule has 0 aliphatic carbocycles. The minimum atomic E-state index is 0.174. The first-order chi connectivity index (χ1) is 10.9. The van der Waals surface area contributed by atoms with Crippen LogP contribution in [0, 0.1) is 0 Å². The molecule has 1 unspecified atom stereocenters. The molecule has 1 aromatic rings. The zero-order valence-corrected chi connectivity index (χ0v) is 15.2. The van der Waals surface area contributed by atoms with Gasteiger partial charge in [0.2, 0.25) is 5.91 Å². The van der Waals surface area contributed by atoms with Crippen LogP contribution in [0.3, 0.4) is 0 Å². The second-order valence-corrected chi connectivity index (χ2v) is 7.68. The van der Waals surface area contributed by atoms with Crippen molar-refractivity contribution in [2.24, 2.45) is 0 Å². The Bertz CT molecular complexity index is 501. The lowest BCUT2D eigenvalue weighted by Crippen LogP contribution is -2.40. The van der Waals surface area contributed by atoms with E-state index in [-0.39, 0.29) is 11.3 Å². The number of likely N-dealkylation sites (tertiary alicyclic amines) is 1. The lowest BCUT2D eigenvalue weighted by Gasteiger charge is -2.22. The topological polar surface area (TPSA) is 32.3 Å². The van der Waals surface area contributed by atoms with Crippen molar-refractivity contribution < 1.29 is 4.79 Å². The summed E-state index contributed by atoms with van der Waals surface area (Å²) in [7, 11) is 0. The average molecular weight is 316 g/mol. The quantitative estimate of drug-likeness (QED) is 0.871. The van der Waals surface area contributed by atoms with Gasteiger partial charge in [-0.2, -0.15) is 0 Å². The highest BCUT2D eigenvalue weighted by atomic mass is 16.1. The second kappa shape index (κ2) is 7.96. The molecule has 1 aliphatic heterocycles. The number of aryl methyl sites for hydroxylation is 1. The van der Waals surface area contributed by atoms with Crippen LogP contribution in [0.5, 0.6) is 0 Å². The van der Waals surface area contributed by atoms with Crippen LogP contribution in [0.4, 0.5) is 0 Å². The number of nitrogens with one attached hydrogen (secondary N) is 1. The number of benzene rings is 1. The normalized spacial score (nSPS) is 19.0. The lowest BCUT2D eigenvalue weighted by molar-refractivity contribution is -0.121. The second-order valence-electron chi connectivity index (χ2n) is 7.68. The van der Waals surface area contributed by atoms with Crippen LogP contribution in [-0.2, 0) is 16.6 Å². The first kappa shape index (κ1) is 18.0. The Hall–Kier alpha value is -1.35. The van der Waals surface area contributed by atoms with Crippen LogP contribution in [0.2, 0.25) is 0 Å². The maximum absolute atomic E-state index is 12.1. The molecule has 128 valence electrons. The van der Waals surface area contributed by atoms with Gasteiger partial charge in [-0.15, -0.1) is 0 Å². The third kappa shape index (κ3) is 5.35. The molecular weight excluding hydrogens is 284 g/mol. The van der Waals surface area contributed by atoms with Gasteiger partial charge in [-0.3, -0.25) is 9.69 Å². The number of hydrogen-bond acceptors (Lipinski definition) is 2. The number of nitrogens with zero attached hydrogens (tertiary/aromatic N) is 1. The van der Waals surface area contributed by atoms with Crippen LogP contribution >= 0.6 is 0 Å². The van der Waals surface area contributed by atoms with Gasteiger partial charge in [0.25, 0.3) is 0 Å². The number of likely N-dealkylation sites (N-methyl/N-ethyl adjacent to an activating group) is 1. The fourth-order valence-corrected chi connectivity index (χ4v) is 3.29. The summed E-state index contributed by atoms with van der Waals surface area (Å²) in [5, 5.41) is 3.11. The first-order valence-electron chi connectivity index (χ1n) is 9.00. The highest BCUT2D eigenvalue weighted by Gasteiger charge is 2.22. The van der Waals surface area contributed by atoms with Crippen LogP contribution in [0.15, 0.2) is 24.3 Å². The predicted octanol–water partition coefficient (Wildman–Crippen LogP) is 3.52. The average Bonchev–Trinajstić information content (AvgIpc) is 2.98. The van der Waals surface area contributed by atoms with Crippen LogP contribution in [-0.4, -0.2) is 36.5 Å². The zero-order valence-electron chi connectivity index (χ0n) is 15.2. The number of hydrogen-bond donors (Lipinski definition) is 1. The molecule has 1 fully saturated rings. The molecule has 3 heteroatoms. The smallest absolute Gasteiger partial charge is 0.220 e. The maximum Gasteiger partial charge on any atom is 0.220 e. The summed E-state index contributed by atoms with van der Waals surface area (Å²) >= 11 is 0. The van der Waals surface area contributed by atoms with Gasteiger partial charge in [0, 0.05) is 19.0 Å². The zero-order chi connectivity index (χ0) is 16.9. The summed E-state index contributed by atoms with van der Waals surface area (Å²) in [6.07, 6.45) is 3.86. The predicted molar refractivity (Wildman–Crippen MR) is 96.7 cm³/mol. The molecule has 0 radical (unpaired) electrons. The van der Waals surface area contributed by atoms with Crippen LogP contribution in [0.1, 0.15) is 58.1 Å². The minimum Gasteiger partial charge on any atom is -0.355 e. The minimum absolute atomic E-state index is 0.174. The van der Waals surface area contributed by atoms with E-state index in [2.05, 4.69) is 62.2 Å². The SMILES string of the molecule is CCN1CCCC1CNC(=O)CCc1ccc(C(C)(C)C)cc1. The largest absolute Gasteiger partial charge is 0.355 e.